The minimum Gasteiger partial charge on any atom is -0.358 e. The van der Waals surface area contributed by atoms with Crippen LogP contribution in [0.25, 0.3) is 0 Å². The zero-order chi connectivity index (χ0) is 11.1. The maximum absolute atomic E-state index is 11.5. The fourth-order valence-corrected chi connectivity index (χ4v) is 1.12. The van der Waals surface area contributed by atoms with E-state index in [-0.39, 0.29) is 5.84 Å². The van der Waals surface area contributed by atoms with Gasteiger partial charge >= 0.3 is 5.91 Å². The van der Waals surface area contributed by atoms with E-state index in [9.17, 15) is 9.59 Å². The Morgan fingerprint density at radius 1 is 1.21 bits per heavy atom. The molecule has 0 aromatic heterocycles. The number of amidine groups is 1. The van der Waals surface area contributed by atoms with Crippen molar-refractivity contribution >= 4 is 17.5 Å². The molecule has 1 aliphatic heterocycles. The highest BCUT2D eigenvalue weighted by Gasteiger charge is 2.40. The lowest BCUT2D eigenvalue weighted by atomic mass is 10.1. The average molecular weight is 197 g/mol. The molecule has 1 heterocycles. The fraction of sp³-hybridized carbons (Fsp3) is 0.667. The fourth-order valence-electron chi connectivity index (χ4n) is 1.12. The van der Waals surface area contributed by atoms with Gasteiger partial charge in [0, 0.05) is 14.1 Å². The number of hydrazone groups is 1. The van der Waals surface area contributed by atoms with Gasteiger partial charge in [-0.3, -0.25) is 9.59 Å². The molecule has 0 bridgehead atoms. The van der Waals surface area contributed by atoms with Crippen LogP contribution in [0.3, 0.4) is 0 Å². The van der Waals surface area contributed by atoms with E-state index >= 15 is 0 Å². The summed E-state index contributed by atoms with van der Waals surface area (Å²) >= 11 is 0. The van der Waals surface area contributed by atoms with Crippen LogP contribution in [0.5, 0.6) is 0 Å². The van der Waals surface area contributed by atoms with E-state index in [1.54, 1.807) is 19.0 Å². The zero-order valence-electron chi connectivity index (χ0n) is 9.16. The number of ketones is 1. The molecule has 1 amide bonds. The summed E-state index contributed by atoms with van der Waals surface area (Å²) < 4.78 is 0. The smallest absolute Gasteiger partial charge is 0.318 e. The molecule has 0 unspecified atom stereocenters. The molecular weight excluding hydrogens is 182 g/mol. The second kappa shape index (κ2) is 3.08. The maximum Gasteiger partial charge on any atom is 0.318 e. The number of nitrogens with zero attached hydrogens (tertiary/aromatic N) is 3. The monoisotopic (exact) mass is 197 g/mol. The van der Waals surface area contributed by atoms with E-state index in [4.69, 9.17) is 0 Å². The second-order valence-electron chi connectivity index (χ2n) is 4.43. The number of amides is 1. The Hall–Kier alpha value is -1.39. The van der Waals surface area contributed by atoms with Crippen LogP contribution in [-0.2, 0) is 9.59 Å². The van der Waals surface area contributed by atoms with Crippen molar-refractivity contribution < 1.29 is 9.59 Å². The molecule has 0 spiro atoms. The predicted octanol–water partition coefficient (Wildman–Crippen LogP) is 0.0713. The molecule has 0 aromatic carbocycles. The van der Waals surface area contributed by atoms with Gasteiger partial charge in [0.15, 0.2) is 0 Å². The van der Waals surface area contributed by atoms with Crippen LogP contribution in [0, 0.1) is 0 Å². The second-order valence-corrected chi connectivity index (χ2v) is 4.43. The number of likely N-dealkylation sites (N-methyl/N-ethyl adjacent to an activating group) is 1. The molecule has 5 nitrogen and oxygen atoms in total. The van der Waals surface area contributed by atoms with Crippen molar-refractivity contribution in [2.45, 2.75) is 26.3 Å². The maximum atomic E-state index is 11.5. The summed E-state index contributed by atoms with van der Waals surface area (Å²) in [4.78, 5) is 24.5. The molecule has 0 aliphatic carbocycles. The van der Waals surface area contributed by atoms with E-state index < -0.39 is 17.2 Å². The Kier molecular flexibility index (Phi) is 2.35. The summed E-state index contributed by atoms with van der Waals surface area (Å²) in [7, 11) is 3.38. The molecule has 0 saturated carbocycles. The van der Waals surface area contributed by atoms with Gasteiger partial charge in [0.05, 0.1) is 5.54 Å². The van der Waals surface area contributed by atoms with Gasteiger partial charge in [0.1, 0.15) is 0 Å². The number of rotatable bonds is 0. The van der Waals surface area contributed by atoms with Crippen molar-refractivity contribution in [2.75, 3.05) is 14.1 Å². The lowest BCUT2D eigenvalue weighted by Crippen LogP contribution is -2.41. The third kappa shape index (κ3) is 1.62. The van der Waals surface area contributed by atoms with Gasteiger partial charge in [-0.15, -0.1) is 5.10 Å². The zero-order valence-corrected chi connectivity index (χ0v) is 9.16. The summed E-state index contributed by atoms with van der Waals surface area (Å²) in [6.45, 7) is 5.50. The molecule has 0 saturated heterocycles. The first-order chi connectivity index (χ1) is 6.25. The van der Waals surface area contributed by atoms with Crippen molar-refractivity contribution in [3.8, 4) is 0 Å². The largest absolute Gasteiger partial charge is 0.358 e. The van der Waals surface area contributed by atoms with E-state index in [1.807, 2.05) is 20.8 Å². The molecule has 0 aromatic rings. The molecule has 14 heavy (non-hydrogen) atoms. The first-order valence-corrected chi connectivity index (χ1v) is 4.40. The molecule has 0 atom stereocenters. The molecule has 78 valence electrons. The first kappa shape index (κ1) is 10.7. The molecule has 0 fully saturated rings. The molecular formula is C9H15N3O2. The molecule has 1 rings (SSSR count). The van der Waals surface area contributed by atoms with Crippen LogP contribution in [-0.4, -0.2) is 47.1 Å². The minimum atomic E-state index is -0.554. The Bertz CT molecular complexity index is 313. The van der Waals surface area contributed by atoms with Gasteiger partial charge in [-0.2, -0.15) is 0 Å². The van der Waals surface area contributed by atoms with Crippen LogP contribution >= 0.6 is 0 Å². The first-order valence-electron chi connectivity index (χ1n) is 4.40. The van der Waals surface area contributed by atoms with Crippen LogP contribution in [0.1, 0.15) is 20.8 Å². The predicted molar refractivity (Wildman–Crippen MR) is 52.7 cm³/mol. The molecule has 0 N–H and O–H groups in total. The third-order valence-corrected chi connectivity index (χ3v) is 1.84. The molecule has 5 heteroatoms. The number of carbonyl (C=O) groups excluding carboxylic acids is 2. The Morgan fingerprint density at radius 2 is 1.71 bits per heavy atom. The van der Waals surface area contributed by atoms with Crippen LogP contribution in [0.15, 0.2) is 5.10 Å². The SMILES string of the molecule is CN(C)C1=NN(C(C)(C)C)C(=O)C1=O. The van der Waals surface area contributed by atoms with Crippen molar-refractivity contribution in [3.05, 3.63) is 0 Å². The summed E-state index contributed by atoms with van der Waals surface area (Å²) in [5.41, 5.74) is -0.454. The quantitative estimate of drug-likeness (QED) is 0.516. The Labute approximate surface area is 83.4 Å². The number of hydrogen-bond donors (Lipinski definition) is 0. The van der Waals surface area contributed by atoms with Gasteiger partial charge in [-0.25, -0.2) is 5.01 Å². The van der Waals surface area contributed by atoms with Gasteiger partial charge in [0.25, 0.3) is 5.78 Å². The highest BCUT2D eigenvalue weighted by atomic mass is 16.2. The van der Waals surface area contributed by atoms with Crippen LogP contribution in [0.2, 0.25) is 0 Å². The van der Waals surface area contributed by atoms with Crippen molar-refractivity contribution in [1.29, 1.82) is 0 Å². The summed E-state index contributed by atoms with van der Waals surface area (Å²) in [6.07, 6.45) is 0. The summed E-state index contributed by atoms with van der Waals surface area (Å²) in [5, 5.41) is 5.22. The van der Waals surface area contributed by atoms with E-state index in [0.29, 0.717) is 0 Å². The normalized spacial score (nSPS) is 17.5. The van der Waals surface area contributed by atoms with Crippen LogP contribution < -0.4 is 0 Å². The van der Waals surface area contributed by atoms with Crippen molar-refractivity contribution in [3.63, 3.8) is 0 Å². The Balaban J connectivity index is 3.05. The number of Topliss-reactive ketones (excluding diaryl/α,β-unsaturated/α-hetero) is 1. The van der Waals surface area contributed by atoms with E-state index in [0.717, 1.165) is 0 Å². The molecule has 1 aliphatic rings. The van der Waals surface area contributed by atoms with Crippen LogP contribution in [0.4, 0.5) is 0 Å². The lowest BCUT2D eigenvalue weighted by molar-refractivity contribution is -0.142. The van der Waals surface area contributed by atoms with Crippen molar-refractivity contribution in [2.24, 2.45) is 5.10 Å². The molecule has 0 radical (unpaired) electrons. The Morgan fingerprint density at radius 3 is 1.93 bits per heavy atom. The van der Waals surface area contributed by atoms with Crippen molar-refractivity contribution in [1.82, 2.24) is 9.91 Å². The van der Waals surface area contributed by atoms with E-state index in [2.05, 4.69) is 5.10 Å². The minimum absolute atomic E-state index is 0.199. The number of carbonyl (C=O) groups is 2. The van der Waals surface area contributed by atoms with Gasteiger partial charge < -0.3 is 4.90 Å². The summed E-state index contributed by atoms with van der Waals surface area (Å²) in [6, 6.07) is 0. The topological polar surface area (TPSA) is 53.0 Å². The number of hydrogen-bond acceptors (Lipinski definition) is 4. The standard InChI is InChI=1S/C9H15N3O2/c1-9(2,3)12-8(14)6(13)7(10-12)11(4)5/h1-5H3. The third-order valence-electron chi connectivity index (χ3n) is 1.84. The van der Waals surface area contributed by atoms with Gasteiger partial charge in [0.2, 0.25) is 5.84 Å². The summed E-state index contributed by atoms with van der Waals surface area (Å²) in [5.74, 6) is -0.893. The van der Waals surface area contributed by atoms with E-state index in [1.165, 1.54) is 5.01 Å². The average Bonchev–Trinajstić information content (AvgIpc) is 2.28. The van der Waals surface area contributed by atoms with Gasteiger partial charge in [-0.1, -0.05) is 0 Å². The highest BCUT2D eigenvalue weighted by molar-refractivity contribution is 6.66. The lowest BCUT2D eigenvalue weighted by Gasteiger charge is -2.26. The highest BCUT2D eigenvalue weighted by Crippen LogP contribution is 2.19. The van der Waals surface area contributed by atoms with Gasteiger partial charge in [-0.05, 0) is 20.8 Å².